The van der Waals surface area contributed by atoms with Gasteiger partial charge in [0.05, 0.1) is 0 Å². The Balaban J connectivity index is 3.08. The lowest BCUT2D eigenvalue weighted by Gasteiger charge is -2.04. The number of carbonyl (C=O) groups is 1. The van der Waals surface area contributed by atoms with E-state index in [0.29, 0.717) is 6.42 Å². The average Bonchev–Trinajstić information content (AvgIpc) is 2.37. The molecule has 2 heteroatoms. The van der Waals surface area contributed by atoms with Crippen LogP contribution in [0.5, 0.6) is 0 Å². The highest BCUT2D eigenvalue weighted by molar-refractivity contribution is 5.75. The lowest BCUT2D eigenvalue weighted by Crippen LogP contribution is -2.23. The van der Waals surface area contributed by atoms with Gasteiger partial charge in [-0.25, -0.2) is 0 Å². The molecular weight excluding hydrogens is 222 g/mol. The third-order valence-electron chi connectivity index (χ3n) is 3.26. The van der Waals surface area contributed by atoms with Gasteiger partial charge in [-0.3, -0.25) is 4.79 Å². The molecule has 1 amide bonds. The molecule has 0 aromatic carbocycles. The maximum Gasteiger partial charge on any atom is 0.219 e. The van der Waals surface area contributed by atoms with Gasteiger partial charge in [-0.1, -0.05) is 71.6 Å². The molecule has 18 heavy (non-hydrogen) atoms. The van der Waals surface area contributed by atoms with Crippen LogP contribution in [0.2, 0.25) is 0 Å². The van der Waals surface area contributed by atoms with Gasteiger partial charge in [0.25, 0.3) is 0 Å². The summed E-state index contributed by atoms with van der Waals surface area (Å²) in [6.07, 6.45) is 14.3. The van der Waals surface area contributed by atoms with Gasteiger partial charge in [0.15, 0.2) is 0 Å². The van der Waals surface area contributed by atoms with E-state index in [0.717, 1.165) is 25.8 Å². The molecule has 0 aliphatic rings. The van der Waals surface area contributed by atoms with Crippen LogP contribution in [0.15, 0.2) is 0 Å². The van der Waals surface area contributed by atoms with Crippen LogP contribution in [0.1, 0.15) is 84.0 Å². The van der Waals surface area contributed by atoms with E-state index < -0.39 is 0 Å². The van der Waals surface area contributed by atoms with Gasteiger partial charge in [-0.2, -0.15) is 0 Å². The second-order valence-electron chi connectivity index (χ2n) is 5.14. The summed E-state index contributed by atoms with van der Waals surface area (Å²) >= 11 is 0. The first-order valence-electron chi connectivity index (χ1n) is 7.87. The van der Waals surface area contributed by atoms with Crippen molar-refractivity contribution in [3.8, 4) is 0 Å². The largest absolute Gasteiger partial charge is 0.356 e. The highest BCUT2D eigenvalue weighted by Gasteiger charge is 1.99. The van der Waals surface area contributed by atoms with Crippen molar-refractivity contribution in [1.29, 1.82) is 0 Å². The molecule has 0 aliphatic heterocycles. The molecule has 0 fully saturated rings. The van der Waals surface area contributed by atoms with Crippen LogP contribution in [0.3, 0.4) is 0 Å². The molecule has 0 aliphatic carbocycles. The van der Waals surface area contributed by atoms with Crippen molar-refractivity contribution in [3.05, 3.63) is 6.92 Å². The van der Waals surface area contributed by atoms with Gasteiger partial charge in [-0.05, 0) is 12.8 Å². The third kappa shape index (κ3) is 13.5. The number of unbranched alkanes of at least 4 members (excludes halogenated alkanes) is 9. The average molecular weight is 254 g/mol. The number of hydrogen-bond acceptors (Lipinski definition) is 1. The minimum absolute atomic E-state index is 0.214. The van der Waals surface area contributed by atoms with Crippen LogP contribution in [0.25, 0.3) is 0 Å². The second kappa shape index (κ2) is 14.5. The minimum Gasteiger partial charge on any atom is -0.356 e. The normalized spacial score (nSPS) is 10.6. The molecule has 0 spiro atoms. The van der Waals surface area contributed by atoms with Gasteiger partial charge in [-0.15, -0.1) is 0 Å². The van der Waals surface area contributed by atoms with Crippen molar-refractivity contribution in [3.63, 3.8) is 0 Å². The highest BCUT2D eigenvalue weighted by Crippen LogP contribution is 2.10. The van der Waals surface area contributed by atoms with Crippen molar-refractivity contribution in [2.45, 2.75) is 84.0 Å². The molecule has 0 atom stereocenters. The topological polar surface area (TPSA) is 29.1 Å². The van der Waals surface area contributed by atoms with Crippen LogP contribution < -0.4 is 5.32 Å². The lowest BCUT2D eigenvalue weighted by molar-refractivity contribution is -0.121. The zero-order valence-electron chi connectivity index (χ0n) is 12.3. The molecule has 0 heterocycles. The van der Waals surface area contributed by atoms with Crippen LogP contribution in [0, 0.1) is 6.92 Å². The monoisotopic (exact) mass is 254 g/mol. The summed E-state index contributed by atoms with van der Waals surface area (Å²) in [6.45, 7) is 6.80. The summed E-state index contributed by atoms with van der Waals surface area (Å²) in [5.41, 5.74) is 0. The van der Waals surface area contributed by atoms with Crippen molar-refractivity contribution in [2.75, 3.05) is 6.54 Å². The van der Waals surface area contributed by atoms with E-state index in [4.69, 9.17) is 0 Å². The van der Waals surface area contributed by atoms with Crippen molar-refractivity contribution in [1.82, 2.24) is 5.32 Å². The van der Waals surface area contributed by atoms with Crippen molar-refractivity contribution in [2.24, 2.45) is 0 Å². The zero-order chi connectivity index (χ0) is 13.5. The molecule has 0 saturated heterocycles. The molecule has 0 saturated carbocycles. The summed E-state index contributed by atoms with van der Waals surface area (Å²) in [7, 11) is 0. The standard InChI is InChI=1S/C16H32NO/c1-3-5-7-8-9-10-11-12-13-14-16(18)17-15-6-4-2/h2-15H2,1H3,(H,17,18). The summed E-state index contributed by atoms with van der Waals surface area (Å²) in [6, 6.07) is 0. The number of amides is 1. The van der Waals surface area contributed by atoms with Crippen molar-refractivity contribution >= 4 is 5.91 Å². The molecule has 0 aromatic rings. The molecule has 0 rings (SSSR count). The van der Waals surface area contributed by atoms with E-state index in [1.807, 2.05) is 0 Å². The summed E-state index contributed by atoms with van der Waals surface area (Å²) < 4.78 is 0. The second-order valence-corrected chi connectivity index (χ2v) is 5.14. The maximum atomic E-state index is 11.4. The molecular formula is C16H32NO. The minimum atomic E-state index is 0.214. The summed E-state index contributed by atoms with van der Waals surface area (Å²) in [4.78, 5) is 11.4. The van der Waals surface area contributed by atoms with Crippen LogP contribution >= 0.6 is 0 Å². The van der Waals surface area contributed by atoms with Gasteiger partial charge < -0.3 is 5.32 Å². The Kier molecular flexibility index (Phi) is 14.1. The summed E-state index contributed by atoms with van der Waals surface area (Å²) in [5.74, 6) is 0.214. The van der Waals surface area contributed by atoms with E-state index >= 15 is 0 Å². The predicted octanol–water partition coefficient (Wildman–Crippen LogP) is 4.64. The molecule has 0 bridgehead atoms. The number of rotatable bonds is 13. The third-order valence-corrected chi connectivity index (χ3v) is 3.26. The predicted molar refractivity (Wildman–Crippen MR) is 79.4 cm³/mol. The van der Waals surface area contributed by atoms with Gasteiger partial charge in [0.1, 0.15) is 0 Å². The maximum absolute atomic E-state index is 11.4. The first-order valence-corrected chi connectivity index (χ1v) is 7.87. The Morgan fingerprint density at radius 2 is 1.44 bits per heavy atom. The van der Waals surface area contributed by atoms with E-state index in [1.165, 1.54) is 51.4 Å². The fourth-order valence-corrected chi connectivity index (χ4v) is 2.04. The lowest BCUT2D eigenvalue weighted by atomic mass is 10.1. The first-order chi connectivity index (χ1) is 8.81. The molecule has 2 nitrogen and oxygen atoms in total. The Labute approximate surface area is 114 Å². The molecule has 0 unspecified atom stereocenters. The number of hydrogen-bond donors (Lipinski definition) is 1. The highest BCUT2D eigenvalue weighted by atomic mass is 16.1. The number of nitrogens with one attached hydrogen (secondary N) is 1. The SMILES string of the molecule is [CH2]CCCNC(=O)CCCCCCCCCCC. The van der Waals surface area contributed by atoms with Crippen molar-refractivity contribution < 1.29 is 4.79 Å². The Bertz CT molecular complexity index is 180. The van der Waals surface area contributed by atoms with E-state index in [9.17, 15) is 4.79 Å². The van der Waals surface area contributed by atoms with E-state index in [-0.39, 0.29) is 5.91 Å². The molecule has 0 aromatic heterocycles. The Hall–Kier alpha value is -0.530. The fraction of sp³-hybridized carbons (Fsp3) is 0.875. The van der Waals surface area contributed by atoms with Gasteiger partial charge >= 0.3 is 0 Å². The number of carbonyl (C=O) groups excluding carboxylic acids is 1. The van der Waals surface area contributed by atoms with Crippen LogP contribution in [-0.4, -0.2) is 12.5 Å². The smallest absolute Gasteiger partial charge is 0.219 e. The van der Waals surface area contributed by atoms with Gasteiger partial charge in [0, 0.05) is 13.0 Å². The van der Waals surface area contributed by atoms with Gasteiger partial charge in [0.2, 0.25) is 5.91 Å². The quantitative estimate of drug-likeness (QED) is 0.477. The summed E-state index contributed by atoms with van der Waals surface area (Å²) in [5, 5.41) is 2.93. The van der Waals surface area contributed by atoms with Crippen LogP contribution in [0.4, 0.5) is 0 Å². The molecule has 107 valence electrons. The van der Waals surface area contributed by atoms with E-state index in [1.54, 1.807) is 0 Å². The Morgan fingerprint density at radius 1 is 0.889 bits per heavy atom. The first kappa shape index (κ1) is 17.5. The molecule has 1 N–H and O–H groups in total. The van der Waals surface area contributed by atoms with E-state index in [2.05, 4.69) is 19.2 Å². The Morgan fingerprint density at radius 3 is 2.00 bits per heavy atom. The zero-order valence-corrected chi connectivity index (χ0v) is 12.3. The molecule has 1 radical (unpaired) electrons. The fourth-order valence-electron chi connectivity index (χ4n) is 2.04. The van der Waals surface area contributed by atoms with Crippen LogP contribution in [-0.2, 0) is 4.79 Å².